The number of hydrogen-bond acceptors (Lipinski definition) is 5. The van der Waals surface area contributed by atoms with Crippen molar-refractivity contribution in [2.45, 2.75) is 20.3 Å². The maximum atomic E-state index is 12.9. The van der Waals surface area contributed by atoms with Crippen molar-refractivity contribution in [2.24, 2.45) is 0 Å². The maximum Gasteiger partial charge on any atom is 0.278 e. The van der Waals surface area contributed by atoms with Gasteiger partial charge in [-0.1, -0.05) is 19.1 Å². The van der Waals surface area contributed by atoms with Crippen molar-refractivity contribution in [1.82, 2.24) is 4.90 Å². The van der Waals surface area contributed by atoms with Gasteiger partial charge in [-0.3, -0.25) is 24.6 Å². The Bertz CT molecular complexity index is 948. The number of benzene rings is 2. The van der Waals surface area contributed by atoms with Gasteiger partial charge in [-0.25, -0.2) is 0 Å². The van der Waals surface area contributed by atoms with Gasteiger partial charge in [0.25, 0.3) is 17.5 Å². The minimum Gasteiger partial charge on any atom is -0.350 e. The lowest BCUT2D eigenvalue weighted by atomic mass is 10.0. The van der Waals surface area contributed by atoms with Crippen molar-refractivity contribution in [3.05, 3.63) is 75.5 Å². The van der Waals surface area contributed by atoms with E-state index in [-0.39, 0.29) is 17.0 Å². The van der Waals surface area contributed by atoms with E-state index in [4.69, 9.17) is 0 Å². The molecule has 0 radical (unpaired) electrons. The number of nitro groups is 1. The minimum absolute atomic E-state index is 0.0743. The number of nitrogens with one attached hydrogen (secondary N) is 1. The van der Waals surface area contributed by atoms with Gasteiger partial charge in [0.1, 0.15) is 5.70 Å². The summed E-state index contributed by atoms with van der Waals surface area (Å²) in [4.78, 5) is 37.3. The average molecular weight is 365 g/mol. The van der Waals surface area contributed by atoms with Gasteiger partial charge in [-0.2, -0.15) is 0 Å². The number of nitro benzene ring substituents is 1. The Morgan fingerprint density at radius 2 is 1.78 bits per heavy atom. The van der Waals surface area contributed by atoms with Crippen LogP contribution in [0.2, 0.25) is 0 Å². The van der Waals surface area contributed by atoms with Crippen LogP contribution in [-0.4, -0.2) is 28.2 Å². The molecular weight excluding hydrogens is 346 g/mol. The Hall–Kier alpha value is -3.48. The van der Waals surface area contributed by atoms with Crippen molar-refractivity contribution in [3.8, 4) is 0 Å². The molecule has 0 aliphatic carbocycles. The van der Waals surface area contributed by atoms with E-state index in [0.717, 1.165) is 5.56 Å². The first-order valence-electron chi connectivity index (χ1n) is 8.61. The first kappa shape index (κ1) is 18.3. The number of rotatable bonds is 6. The fourth-order valence-corrected chi connectivity index (χ4v) is 3.00. The molecule has 0 atom stereocenters. The van der Waals surface area contributed by atoms with E-state index in [1.54, 1.807) is 0 Å². The molecule has 3 rings (SSSR count). The third-order valence-corrected chi connectivity index (χ3v) is 4.27. The molecule has 0 aromatic heterocycles. The highest BCUT2D eigenvalue weighted by molar-refractivity contribution is 6.36. The fraction of sp³-hybridized carbons (Fsp3) is 0.200. The summed E-state index contributed by atoms with van der Waals surface area (Å²) in [6.07, 6.45) is 0.642. The van der Waals surface area contributed by atoms with Crippen LogP contribution in [0.3, 0.4) is 0 Å². The Morgan fingerprint density at radius 3 is 2.37 bits per heavy atom. The van der Waals surface area contributed by atoms with Gasteiger partial charge < -0.3 is 5.32 Å². The summed E-state index contributed by atoms with van der Waals surface area (Å²) in [5, 5.41) is 13.9. The summed E-state index contributed by atoms with van der Waals surface area (Å²) in [6.45, 7) is 4.13. The highest BCUT2D eigenvalue weighted by Gasteiger charge is 2.38. The summed E-state index contributed by atoms with van der Waals surface area (Å²) in [5.74, 6) is -0.789. The third kappa shape index (κ3) is 3.57. The van der Waals surface area contributed by atoms with Crippen LogP contribution in [0.5, 0.6) is 0 Å². The average Bonchev–Trinajstić information content (AvgIpc) is 2.86. The minimum atomic E-state index is -0.505. The van der Waals surface area contributed by atoms with E-state index >= 15 is 0 Å². The first-order valence-corrected chi connectivity index (χ1v) is 8.61. The number of imide groups is 1. The number of hydrogen-bond donors (Lipinski definition) is 1. The zero-order valence-electron chi connectivity index (χ0n) is 15.1. The lowest BCUT2D eigenvalue weighted by Crippen LogP contribution is -2.33. The van der Waals surface area contributed by atoms with Crippen LogP contribution in [0.15, 0.2) is 54.2 Å². The highest BCUT2D eigenvalue weighted by Crippen LogP contribution is 2.31. The van der Waals surface area contributed by atoms with Crippen molar-refractivity contribution >= 4 is 28.8 Å². The second kappa shape index (κ2) is 7.41. The van der Waals surface area contributed by atoms with Crippen LogP contribution >= 0.6 is 0 Å². The molecule has 1 aliphatic rings. The number of carbonyl (C=O) groups is 2. The Kier molecular flexibility index (Phi) is 5.03. The zero-order valence-corrected chi connectivity index (χ0v) is 15.1. The summed E-state index contributed by atoms with van der Waals surface area (Å²) in [5.41, 5.74) is 2.52. The van der Waals surface area contributed by atoms with Crippen molar-refractivity contribution in [1.29, 1.82) is 0 Å². The van der Waals surface area contributed by atoms with Crippen LogP contribution in [0.25, 0.3) is 5.57 Å². The van der Waals surface area contributed by atoms with Crippen LogP contribution < -0.4 is 5.32 Å². The van der Waals surface area contributed by atoms with Crippen LogP contribution in [-0.2, 0) is 9.59 Å². The van der Waals surface area contributed by atoms with Gasteiger partial charge in [0.05, 0.1) is 10.5 Å². The summed E-state index contributed by atoms with van der Waals surface area (Å²) >= 11 is 0. The zero-order chi connectivity index (χ0) is 19.6. The standard InChI is InChI=1S/C20H19N3O4/c1-3-11-22-19(24)17(14-7-9-16(10-8-14)23(26)27)18(20(22)25)21-15-6-4-5-13(2)12-15/h4-10,12,21H,3,11H2,1-2H3. The largest absolute Gasteiger partial charge is 0.350 e. The molecule has 2 amide bonds. The van der Waals surface area contributed by atoms with E-state index in [1.807, 2.05) is 38.1 Å². The predicted molar refractivity (Wildman–Crippen MR) is 102 cm³/mol. The number of aryl methyl sites for hydroxylation is 1. The summed E-state index contributed by atoms with van der Waals surface area (Å²) < 4.78 is 0. The number of non-ortho nitro benzene ring substituents is 1. The quantitative estimate of drug-likeness (QED) is 0.480. The Labute approximate surface area is 156 Å². The molecule has 0 saturated carbocycles. The SMILES string of the molecule is CCCN1C(=O)C(Nc2cccc(C)c2)=C(c2ccc([N+](=O)[O-])cc2)C1=O. The van der Waals surface area contributed by atoms with Gasteiger partial charge in [0.15, 0.2) is 0 Å². The normalized spacial score (nSPS) is 14.1. The highest BCUT2D eigenvalue weighted by atomic mass is 16.6. The topological polar surface area (TPSA) is 92.6 Å². The molecule has 7 heteroatoms. The second-order valence-corrected chi connectivity index (χ2v) is 6.31. The van der Waals surface area contributed by atoms with E-state index in [9.17, 15) is 19.7 Å². The Morgan fingerprint density at radius 1 is 1.07 bits per heavy atom. The van der Waals surface area contributed by atoms with Gasteiger partial charge in [-0.05, 0) is 48.7 Å². The van der Waals surface area contributed by atoms with Gasteiger partial charge in [0.2, 0.25) is 0 Å². The van der Waals surface area contributed by atoms with E-state index in [0.29, 0.717) is 24.2 Å². The first-order chi connectivity index (χ1) is 12.9. The molecule has 0 unspecified atom stereocenters. The maximum absolute atomic E-state index is 12.9. The van der Waals surface area contributed by atoms with Crippen LogP contribution in [0.4, 0.5) is 11.4 Å². The second-order valence-electron chi connectivity index (χ2n) is 6.31. The molecule has 0 fully saturated rings. The molecule has 27 heavy (non-hydrogen) atoms. The van der Waals surface area contributed by atoms with Gasteiger partial charge in [0, 0.05) is 24.4 Å². The molecule has 7 nitrogen and oxygen atoms in total. The molecule has 1 aliphatic heterocycles. The molecule has 1 heterocycles. The molecule has 2 aromatic carbocycles. The smallest absolute Gasteiger partial charge is 0.278 e. The van der Waals surface area contributed by atoms with Crippen molar-refractivity contribution < 1.29 is 14.5 Å². The fourth-order valence-electron chi connectivity index (χ4n) is 3.00. The third-order valence-electron chi connectivity index (χ3n) is 4.27. The molecular formula is C20H19N3O4. The summed E-state index contributed by atoms with van der Waals surface area (Å²) in [7, 11) is 0. The van der Waals surface area contributed by atoms with Crippen molar-refractivity contribution in [2.75, 3.05) is 11.9 Å². The molecule has 138 valence electrons. The van der Waals surface area contributed by atoms with E-state index in [1.165, 1.54) is 29.2 Å². The van der Waals surface area contributed by atoms with Gasteiger partial charge in [-0.15, -0.1) is 0 Å². The molecule has 1 N–H and O–H groups in total. The van der Waals surface area contributed by atoms with Crippen molar-refractivity contribution in [3.63, 3.8) is 0 Å². The Balaban J connectivity index is 2.06. The number of nitrogens with zero attached hydrogens (tertiary/aromatic N) is 2. The molecule has 0 saturated heterocycles. The van der Waals surface area contributed by atoms with E-state index < -0.39 is 16.7 Å². The molecule has 2 aromatic rings. The molecule has 0 spiro atoms. The number of amides is 2. The lowest BCUT2D eigenvalue weighted by molar-refractivity contribution is -0.384. The molecule has 0 bridgehead atoms. The van der Waals surface area contributed by atoms with Crippen LogP contribution in [0.1, 0.15) is 24.5 Å². The van der Waals surface area contributed by atoms with E-state index in [2.05, 4.69) is 5.32 Å². The monoisotopic (exact) mass is 365 g/mol. The van der Waals surface area contributed by atoms with Gasteiger partial charge >= 0.3 is 0 Å². The summed E-state index contributed by atoms with van der Waals surface area (Å²) in [6, 6.07) is 13.1. The lowest BCUT2D eigenvalue weighted by Gasteiger charge is -2.13. The van der Waals surface area contributed by atoms with Crippen LogP contribution in [0, 0.1) is 17.0 Å². The number of anilines is 1. The predicted octanol–water partition coefficient (Wildman–Crippen LogP) is 3.51. The number of carbonyl (C=O) groups excluding carboxylic acids is 2.